The fourth-order valence-corrected chi connectivity index (χ4v) is 2.73. The molecule has 0 aliphatic carbocycles. The minimum atomic E-state index is -0.381. The number of aryl methyl sites for hydroxylation is 1. The van der Waals surface area contributed by atoms with Crippen molar-refractivity contribution < 1.29 is 9.13 Å². The van der Waals surface area contributed by atoms with Crippen LogP contribution in [0.25, 0.3) is 0 Å². The van der Waals surface area contributed by atoms with Gasteiger partial charge in [-0.15, -0.1) is 11.6 Å². The predicted molar refractivity (Wildman–Crippen MR) is 79.5 cm³/mol. The van der Waals surface area contributed by atoms with Crippen LogP contribution in [0.4, 0.5) is 4.39 Å². The minimum Gasteiger partial charge on any atom is -0.496 e. The molecule has 1 atom stereocenters. The highest BCUT2D eigenvalue weighted by atomic mass is 79.9. The fourth-order valence-electron chi connectivity index (χ4n) is 1.96. The van der Waals surface area contributed by atoms with Crippen molar-refractivity contribution in [2.75, 3.05) is 7.11 Å². The molecule has 0 spiro atoms. The molecule has 0 aliphatic heterocycles. The van der Waals surface area contributed by atoms with Gasteiger partial charge in [-0.1, -0.05) is 24.3 Å². The van der Waals surface area contributed by atoms with Crippen LogP contribution >= 0.6 is 27.5 Å². The van der Waals surface area contributed by atoms with Crippen molar-refractivity contribution in [2.24, 2.45) is 0 Å². The maximum Gasteiger partial charge on any atom is 0.141 e. The lowest BCUT2D eigenvalue weighted by Crippen LogP contribution is -2.00. The third kappa shape index (κ3) is 2.93. The molecule has 100 valence electrons. The van der Waals surface area contributed by atoms with E-state index in [-0.39, 0.29) is 11.2 Å². The van der Waals surface area contributed by atoms with Gasteiger partial charge in [0.05, 0.1) is 17.0 Å². The van der Waals surface area contributed by atoms with Crippen LogP contribution in [0.1, 0.15) is 22.1 Å². The van der Waals surface area contributed by atoms with E-state index in [0.717, 1.165) is 16.7 Å². The van der Waals surface area contributed by atoms with Gasteiger partial charge >= 0.3 is 0 Å². The molecule has 0 heterocycles. The molecule has 1 unspecified atom stereocenters. The van der Waals surface area contributed by atoms with E-state index in [0.29, 0.717) is 10.2 Å². The van der Waals surface area contributed by atoms with Gasteiger partial charge in [0.2, 0.25) is 0 Å². The van der Waals surface area contributed by atoms with Crippen molar-refractivity contribution in [3.63, 3.8) is 0 Å². The SMILES string of the molecule is COc1cc(F)c(Br)cc1C(Cl)c1ccccc1C. The molecule has 0 bridgehead atoms. The first kappa shape index (κ1) is 14.4. The van der Waals surface area contributed by atoms with E-state index in [9.17, 15) is 4.39 Å². The minimum absolute atomic E-state index is 0.366. The largest absolute Gasteiger partial charge is 0.496 e. The van der Waals surface area contributed by atoms with Crippen LogP contribution in [0, 0.1) is 12.7 Å². The van der Waals surface area contributed by atoms with E-state index in [1.165, 1.54) is 13.2 Å². The normalized spacial score (nSPS) is 12.3. The van der Waals surface area contributed by atoms with Gasteiger partial charge in [0, 0.05) is 11.6 Å². The van der Waals surface area contributed by atoms with Crippen molar-refractivity contribution in [1.29, 1.82) is 0 Å². The molecule has 0 fully saturated rings. The standard InChI is InChI=1S/C15H13BrClFO/c1-9-5-3-4-6-10(9)15(17)11-7-12(16)13(18)8-14(11)19-2/h3-8,15H,1-2H3. The summed E-state index contributed by atoms with van der Waals surface area (Å²) in [4.78, 5) is 0. The Hall–Kier alpha value is -1.06. The summed E-state index contributed by atoms with van der Waals surface area (Å²) in [6.45, 7) is 2.00. The highest BCUT2D eigenvalue weighted by Gasteiger charge is 2.19. The quantitative estimate of drug-likeness (QED) is 0.693. The third-order valence-electron chi connectivity index (χ3n) is 3.01. The number of halogens is 3. The van der Waals surface area contributed by atoms with E-state index < -0.39 is 0 Å². The molecule has 4 heteroatoms. The van der Waals surface area contributed by atoms with E-state index >= 15 is 0 Å². The smallest absolute Gasteiger partial charge is 0.141 e. The second-order valence-corrected chi connectivity index (χ2v) is 5.52. The van der Waals surface area contributed by atoms with Gasteiger partial charge in [-0.25, -0.2) is 4.39 Å². The summed E-state index contributed by atoms with van der Waals surface area (Å²) in [5, 5.41) is -0.381. The molecule has 2 aromatic carbocycles. The topological polar surface area (TPSA) is 9.23 Å². The number of hydrogen-bond acceptors (Lipinski definition) is 1. The van der Waals surface area contributed by atoms with Crippen LogP contribution in [0.5, 0.6) is 5.75 Å². The van der Waals surface area contributed by atoms with Crippen molar-refractivity contribution in [1.82, 2.24) is 0 Å². The zero-order valence-corrected chi connectivity index (χ0v) is 12.9. The zero-order valence-electron chi connectivity index (χ0n) is 10.6. The number of rotatable bonds is 3. The number of benzene rings is 2. The van der Waals surface area contributed by atoms with Crippen LogP contribution < -0.4 is 4.74 Å². The molecular weight excluding hydrogens is 331 g/mol. The summed E-state index contributed by atoms with van der Waals surface area (Å²) in [6.07, 6.45) is 0. The molecule has 19 heavy (non-hydrogen) atoms. The van der Waals surface area contributed by atoms with Crippen molar-refractivity contribution in [3.05, 3.63) is 63.4 Å². The lowest BCUT2D eigenvalue weighted by molar-refractivity contribution is 0.406. The number of ether oxygens (including phenoxy) is 1. The fraction of sp³-hybridized carbons (Fsp3) is 0.200. The predicted octanol–water partition coefficient (Wildman–Crippen LogP) is 5.23. The van der Waals surface area contributed by atoms with E-state index in [4.69, 9.17) is 16.3 Å². The molecular formula is C15H13BrClFO. The molecule has 0 aliphatic rings. The summed E-state index contributed by atoms with van der Waals surface area (Å²) >= 11 is 9.70. The first-order chi connectivity index (χ1) is 9.04. The lowest BCUT2D eigenvalue weighted by Gasteiger charge is -2.17. The Kier molecular flexibility index (Phi) is 4.48. The molecule has 0 saturated heterocycles. The van der Waals surface area contributed by atoms with Crippen LogP contribution in [0.15, 0.2) is 40.9 Å². The second kappa shape index (κ2) is 5.93. The Morgan fingerprint density at radius 2 is 1.89 bits per heavy atom. The Morgan fingerprint density at radius 1 is 1.21 bits per heavy atom. The van der Waals surface area contributed by atoms with Crippen molar-refractivity contribution >= 4 is 27.5 Å². The molecule has 0 amide bonds. The average Bonchev–Trinajstić information content (AvgIpc) is 2.41. The molecule has 2 rings (SSSR count). The maximum atomic E-state index is 13.5. The van der Waals surface area contributed by atoms with Gasteiger partial charge in [-0.2, -0.15) is 0 Å². The Labute approximate surface area is 125 Å². The van der Waals surface area contributed by atoms with Crippen LogP contribution in [0.2, 0.25) is 0 Å². The van der Waals surface area contributed by atoms with Crippen LogP contribution in [-0.4, -0.2) is 7.11 Å². The van der Waals surface area contributed by atoms with E-state index in [1.807, 2.05) is 31.2 Å². The van der Waals surface area contributed by atoms with E-state index in [1.54, 1.807) is 6.07 Å². The van der Waals surface area contributed by atoms with Gasteiger partial charge in [0.25, 0.3) is 0 Å². The number of alkyl halides is 1. The maximum absolute atomic E-state index is 13.5. The Balaban J connectivity index is 2.52. The molecule has 1 nitrogen and oxygen atoms in total. The highest BCUT2D eigenvalue weighted by Crippen LogP contribution is 2.38. The molecule has 0 radical (unpaired) electrons. The van der Waals surface area contributed by atoms with Crippen molar-refractivity contribution in [2.45, 2.75) is 12.3 Å². The Morgan fingerprint density at radius 3 is 2.53 bits per heavy atom. The average molecular weight is 344 g/mol. The van der Waals surface area contributed by atoms with Gasteiger partial charge in [-0.3, -0.25) is 0 Å². The van der Waals surface area contributed by atoms with E-state index in [2.05, 4.69) is 15.9 Å². The summed E-state index contributed by atoms with van der Waals surface area (Å²) in [6, 6.07) is 10.9. The monoisotopic (exact) mass is 342 g/mol. The van der Waals surface area contributed by atoms with Gasteiger partial charge in [-0.05, 0) is 40.0 Å². The number of hydrogen-bond donors (Lipinski definition) is 0. The molecule has 0 saturated carbocycles. The van der Waals surface area contributed by atoms with Gasteiger partial charge < -0.3 is 4.74 Å². The summed E-state index contributed by atoms with van der Waals surface area (Å²) in [5.41, 5.74) is 2.82. The summed E-state index contributed by atoms with van der Waals surface area (Å²) in [7, 11) is 1.51. The van der Waals surface area contributed by atoms with Gasteiger partial charge in [0.15, 0.2) is 0 Å². The molecule has 0 aromatic heterocycles. The second-order valence-electron chi connectivity index (χ2n) is 4.23. The van der Waals surface area contributed by atoms with Crippen LogP contribution in [0.3, 0.4) is 0 Å². The highest BCUT2D eigenvalue weighted by molar-refractivity contribution is 9.10. The summed E-state index contributed by atoms with van der Waals surface area (Å²) < 4.78 is 19.1. The zero-order chi connectivity index (χ0) is 14.0. The Bertz CT molecular complexity index is 601. The summed E-state index contributed by atoms with van der Waals surface area (Å²) in [5.74, 6) is 0.0817. The molecule has 2 aromatic rings. The van der Waals surface area contributed by atoms with Gasteiger partial charge in [0.1, 0.15) is 11.6 Å². The third-order valence-corrected chi connectivity index (χ3v) is 4.09. The first-order valence-corrected chi connectivity index (χ1v) is 7.00. The number of methoxy groups -OCH3 is 1. The van der Waals surface area contributed by atoms with Crippen molar-refractivity contribution in [3.8, 4) is 5.75 Å². The van der Waals surface area contributed by atoms with Crippen LogP contribution in [-0.2, 0) is 0 Å². The lowest BCUT2D eigenvalue weighted by atomic mass is 9.99. The first-order valence-electron chi connectivity index (χ1n) is 5.77. The molecule has 0 N–H and O–H groups in total.